The molecule has 2 heteroatoms. The average molecular weight is 214 g/mol. The highest BCUT2D eigenvalue weighted by atomic mass is 15.0. The van der Waals surface area contributed by atoms with Crippen molar-refractivity contribution in [2.24, 2.45) is 0 Å². The van der Waals surface area contributed by atoms with Crippen molar-refractivity contribution in [2.75, 3.05) is 0 Å². The van der Waals surface area contributed by atoms with E-state index in [4.69, 9.17) is 5.26 Å². The molecular formula is C14H18N2. The molecule has 0 amide bonds. The van der Waals surface area contributed by atoms with Crippen molar-refractivity contribution in [3.05, 3.63) is 35.9 Å². The predicted molar refractivity (Wildman–Crippen MR) is 64.8 cm³/mol. The lowest BCUT2D eigenvalue weighted by Crippen LogP contribution is -2.49. The summed E-state index contributed by atoms with van der Waals surface area (Å²) < 4.78 is 0. The van der Waals surface area contributed by atoms with Crippen LogP contribution in [-0.4, -0.2) is 5.54 Å². The maximum Gasteiger partial charge on any atom is 0.0641 e. The number of nitrogens with zero attached hydrogens (tertiary/aromatic N) is 1. The van der Waals surface area contributed by atoms with E-state index >= 15 is 0 Å². The summed E-state index contributed by atoms with van der Waals surface area (Å²) in [6, 6.07) is 12.7. The molecule has 1 unspecified atom stereocenters. The van der Waals surface area contributed by atoms with Gasteiger partial charge < -0.3 is 5.32 Å². The molecule has 0 radical (unpaired) electrons. The molecule has 0 aliphatic heterocycles. The summed E-state index contributed by atoms with van der Waals surface area (Å²) in [5.41, 5.74) is 1.47. The van der Waals surface area contributed by atoms with Gasteiger partial charge in [0.25, 0.3) is 0 Å². The van der Waals surface area contributed by atoms with E-state index < -0.39 is 0 Å². The quantitative estimate of drug-likeness (QED) is 0.835. The molecule has 0 bridgehead atoms. The van der Waals surface area contributed by atoms with E-state index in [0.29, 0.717) is 6.42 Å². The summed E-state index contributed by atoms with van der Waals surface area (Å²) in [6.45, 7) is 2.25. The van der Waals surface area contributed by atoms with Gasteiger partial charge in [0.05, 0.1) is 12.5 Å². The van der Waals surface area contributed by atoms with E-state index in [1.165, 1.54) is 24.8 Å². The predicted octanol–water partition coefficient (Wildman–Crippen LogP) is 3.17. The molecule has 1 aliphatic carbocycles. The van der Waals surface area contributed by atoms with Gasteiger partial charge in [0.15, 0.2) is 0 Å². The van der Waals surface area contributed by atoms with Crippen LogP contribution in [0.3, 0.4) is 0 Å². The highest BCUT2D eigenvalue weighted by molar-refractivity contribution is 5.20. The van der Waals surface area contributed by atoms with Crippen LogP contribution in [0, 0.1) is 11.3 Å². The smallest absolute Gasteiger partial charge is 0.0641 e. The van der Waals surface area contributed by atoms with Crippen LogP contribution in [0.2, 0.25) is 0 Å². The Morgan fingerprint density at radius 2 is 2.06 bits per heavy atom. The SMILES string of the molecule is CC1(NC(CC#N)c2ccccc2)CCC1. The Labute approximate surface area is 97.3 Å². The highest BCUT2D eigenvalue weighted by Crippen LogP contribution is 2.34. The number of nitrogens with one attached hydrogen (secondary N) is 1. The molecule has 1 N–H and O–H groups in total. The maximum absolute atomic E-state index is 8.90. The largest absolute Gasteiger partial charge is 0.304 e. The van der Waals surface area contributed by atoms with Crippen molar-refractivity contribution in [3.8, 4) is 6.07 Å². The molecule has 2 rings (SSSR count). The van der Waals surface area contributed by atoms with Crippen LogP contribution < -0.4 is 5.32 Å². The van der Waals surface area contributed by atoms with Gasteiger partial charge in [0.2, 0.25) is 0 Å². The highest BCUT2D eigenvalue weighted by Gasteiger charge is 2.33. The van der Waals surface area contributed by atoms with Crippen molar-refractivity contribution >= 4 is 0 Å². The molecular weight excluding hydrogens is 196 g/mol. The van der Waals surface area contributed by atoms with Crippen LogP contribution in [-0.2, 0) is 0 Å². The van der Waals surface area contributed by atoms with E-state index in [2.05, 4.69) is 30.4 Å². The normalized spacial score (nSPS) is 19.5. The number of hydrogen-bond donors (Lipinski definition) is 1. The summed E-state index contributed by atoms with van der Waals surface area (Å²) >= 11 is 0. The van der Waals surface area contributed by atoms with Crippen molar-refractivity contribution in [1.29, 1.82) is 5.26 Å². The zero-order valence-corrected chi connectivity index (χ0v) is 9.74. The van der Waals surface area contributed by atoms with Gasteiger partial charge in [-0.3, -0.25) is 0 Å². The van der Waals surface area contributed by atoms with Gasteiger partial charge in [-0.25, -0.2) is 0 Å². The van der Waals surface area contributed by atoms with Crippen LogP contribution >= 0.6 is 0 Å². The van der Waals surface area contributed by atoms with Crippen molar-refractivity contribution < 1.29 is 0 Å². The van der Waals surface area contributed by atoms with Crippen molar-refractivity contribution in [1.82, 2.24) is 5.32 Å². The third kappa shape index (κ3) is 2.43. The van der Waals surface area contributed by atoms with Gasteiger partial charge in [-0.2, -0.15) is 5.26 Å². The molecule has 1 saturated carbocycles. The first-order chi connectivity index (χ1) is 7.73. The fourth-order valence-electron chi connectivity index (χ4n) is 2.30. The van der Waals surface area contributed by atoms with Crippen molar-refractivity contribution in [2.45, 2.75) is 44.2 Å². The summed E-state index contributed by atoms with van der Waals surface area (Å²) in [5, 5.41) is 12.5. The molecule has 1 aliphatic rings. The summed E-state index contributed by atoms with van der Waals surface area (Å²) in [6.07, 6.45) is 4.29. The third-order valence-corrected chi connectivity index (χ3v) is 3.48. The molecule has 84 valence electrons. The Kier molecular flexibility index (Phi) is 3.26. The Hall–Kier alpha value is -1.33. The van der Waals surface area contributed by atoms with Crippen LogP contribution in [0.15, 0.2) is 30.3 Å². The molecule has 0 aromatic heterocycles. The minimum Gasteiger partial charge on any atom is -0.304 e. The molecule has 0 heterocycles. The average Bonchev–Trinajstić information content (AvgIpc) is 2.27. The second kappa shape index (κ2) is 4.67. The Bertz CT molecular complexity index is 373. The number of nitriles is 1. The van der Waals surface area contributed by atoms with Crippen LogP contribution in [0.25, 0.3) is 0 Å². The van der Waals surface area contributed by atoms with Crippen LogP contribution in [0.1, 0.15) is 44.2 Å². The third-order valence-electron chi connectivity index (χ3n) is 3.48. The van der Waals surface area contributed by atoms with Gasteiger partial charge in [-0.1, -0.05) is 30.3 Å². The fraction of sp³-hybridized carbons (Fsp3) is 0.500. The molecule has 0 spiro atoms. The van der Waals surface area contributed by atoms with Gasteiger partial charge in [0, 0.05) is 11.6 Å². The monoisotopic (exact) mass is 214 g/mol. The lowest BCUT2D eigenvalue weighted by atomic mass is 9.77. The van der Waals surface area contributed by atoms with E-state index in [-0.39, 0.29) is 11.6 Å². The molecule has 16 heavy (non-hydrogen) atoms. The standard InChI is InChI=1S/C14H18N2/c1-14(9-5-10-14)16-13(8-11-15)12-6-3-2-4-7-12/h2-4,6-7,13,16H,5,8-10H2,1H3. The first-order valence-electron chi connectivity index (χ1n) is 5.93. The van der Waals surface area contributed by atoms with Crippen LogP contribution in [0.5, 0.6) is 0 Å². The van der Waals surface area contributed by atoms with Gasteiger partial charge in [-0.05, 0) is 31.7 Å². The van der Waals surface area contributed by atoms with Crippen LogP contribution in [0.4, 0.5) is 0 Å². The van der Waals surface area contributed by atoms with E-state index in [1.54, 1.807) is 0 Å². The summed E-state index contributed by atoms with van der Waals surface area (Å²) in [5.74, 6) is 0. The molecule has 1 atom stereocenters. The van der Waals surface area contributed by atoms with E-state index in [0.717, 1.165) is 0 Å². The summed E-state index contributed by atoms with van der Waals surface area (Å²) in [4.78, 5) is 0. The first-order valence-corrected chi connectivity index (χ1v) is 5.93. The minimum absolute atomic E-state index is 0.177. The zero-order valence-electron chi connectivity index (χ0n) is 9.74. The summed E-state index contributed by atoms with van der Waals surface area (Å²) in [7, 11) is 0. The molecule has 1 aromatic carbocycles. The minimum atomic E-state index is 0.177. The Balaban J connectivity index is 2.09. The molecule has 1 aromatic rings. The van der Waals surface area contributed by atoms with E-state index in [9.17, 15) is 0 Å². The van der Waals surface area contributed by atoms with Gasteiger partial charge in [0.1, 0.15) is 0 Å². The van der Waals surface area contributed by atoms with Gasteiger partial charge >= 0.3 is 0 Å². The second-order valence-electron chi connectivity index (χ2n) is 4.88. The van der Waals surface area contributed by atoms with Crippen molar-refractivity contribution in [3.63, 3.8) is 0 Å². The zero-order chi connectivity index (χ0) is 11.4. The van der Waals surface area contributed by atoms with Gasteiger partial charge in [-0.15, -0.1) is 0 Å². The topological polar surface area (TPSA) is 35.8 Å². The Morgan fingerprint density at radius 3 is 2.56 bits per heavy atom. The molecule has 0 saturated heterocycles. The lowest BCUT2D eigenvalue weighted by Gasteiger charge is -2.42. The molecule has 2 nitrogen and oxygen atoms in total. The van der Waals surface area contributed by atoms with E-state index in [1.807, 2.05) is 18.2 Å². The second-order valence-corrected chi connectivity index (χ2v) is 4.88. The first kappa shape index (κ1) is 11.2. The number of benzene rings is 1. The number of rotatable bonds is 4. The molecule has 1 fully saturated rings. The number of hydrogen-bond acceptors (Lipinski definition) is 2. The maximum atomic E-state index is 8.90. The lowest BCUT2D eigenvalue weighted by molar-refractivity contribution is 0.186. The Morgan fingerprint density at radius 1 is 1.38 bits per heavy atom. The fourth-order valence-corrected chi connectivity index (χ4v) is 2.30.